The van der Waals surface area contributed by atoms with Crippen molar-refractivity contribution < 1.29 is 4.42 Å². The Kier molecular flexibility index (Phi) is 6.05. The molecule has 0 radical (unpaired) electrons. The zero-order valence-corrected chi connectivity index (χ0v) is 11.5. The van der Waals surface area contributed by atoms with Gasteiger partial charge in [-0.3, -0.25) is 0 Å². The summed E-state index contributed by atoms with van der Waals surface area (Å²) in [5.41, 5.74) is 0.982. The van der Waals surface area contributed by atoms with Crippen LogP contribution in [0.2, 0.25) is 0 Å². The first-order valence-electron chi connectivity index (χ1n) is 6.57. The molecule has 0 saturated heterocycles. The molecule has 98 valence electrons. The molecule has 1 rings (SSSR count). The van der Waals surface area contributed by atoms with Crippen molar-refractivity contribution >= 4 is 6.01 Å². The van der Waals surface area contributed by atoms with Crippen LogP contribution in [0.1, 0.15) is 39.8 Å². The second-order valence-electron chi connectivity index (χ2n) is 4.73. The molecule has 1 N–H and O–H groups in total. The van der Waals surface area contributed by atoms with Crippen LogP contribution in [0.4, 0.5) is 6.01 Å². The van der Waals surface area contributed by atoms with Gasteiger partial charge in [-0.15, -0.1) is 0 Å². The summed E-state index contributed by atoms with van der Waals surface area (Å²) in [7, 11) is 0. The maximum absolute atomic E-state index is 5.50. The smallest absolute Gasteiger partial charge is 0.297 e. The number of rotatable bonds is 8. The molecule has 1 aromatic heterocycles. The van der Waals surface area contributed by atoms with Gasteiger partial charge in [-0.1, -0.05) is 20.8 Å². The molecule has 0 spiro atoms. The molecule has 0 aliphatic rings. The van der Waals surface area contributed by atoms with E-state index in [0.717, 1.165) is 44.3 Å². The fourth-order valence-electron chi connectivity index (χ4n) is 1.67. The van der Waals surface area contributed by atoms with Gasteiger partial charge >= 0.3 is 0 Å². The Labute approximate surface area is 104 Å². The van der Waals surface area contributed by atoms with Crippen LogP contribution < -0.4 is 10.2 Å². The third-order valence-electron chi connectivity index (χ3n) is 2.54. The summed E-state index contributed by atoms with van der Waals surface area (Å²) in [6.07, 6.45) is 2.86. The second-order valence-corrected chi connectivity index (χ2v) is 4.73. The molecule has 4 heteroatoms. The van der Waals surface area contributed by atoms with Crippen molar-refractivity contribution in [1.82, 2.24) is 10.3 Å². The van der Waals surface area contributed by atoms with E-state index in [1.165, 1.54) is 0 Å². The molecule has 0 aliphatic carbocycles. The lowest BCUT2D eigenvalue weighted by Crippen LogP contribution is -2.24. The normalized spacial score (nSPS) is 11.1. The first kappa shape index (κ1) is 14.0. The Balaban J connectivity index is 2.46. The number of hydrogen-bond donors (Lipinski definition) is 1. The SMILES string of the molecule is CCCN(CC)c1nc(CNCC(C)C)co1. The Bertz CT molecular complexity index is 309. The van der Waals surface area contributed by atoms with Crippen LogP contribution in [0.25, 0.3) is 0 Å². The Morgan fingerprint density at radius 1 is 1.41 bits per heavy atom. The van der Waals surface area contributed by atoms with E-state index < -0.39 is 0 Å². The molecule has 0 amide bonds. The van der Waals surface area contributed by atoms with Crippen molar-refractivity contribution in [2.75, 3.05) is 24.5 Å². The van der Waals surface area contributed by atoms with Gasteiger partial charge in [0, 0.05) is 19.6 Å². The summed E-state index contributed by atoms with van der Waals surface area (Å²) in [6, 6.07) is 0.746. The number of hydrogen-bond acceptors (Lipinski definition) is 4. The standard InChI is InChI=1S/C13H25N3O/c1-5-7-16(6-2)13-15-12(10-17-13)9-14-8-11(3)4/h10-11,14H,5-9H2,1-4H3. The summed E-state index contributed by atoms with van der Waals surface area (Å²) >= 11 is 0. The predicted octanol–water partition coefficient (Wildman–Crippen LogP) is 2.66. The number of nitrogens with one attached hydrogen (secondary N) is 1. The molecule has 1 aromatic rings. The molecule has 1 heterocycles. The number of anilines is 1. The Morgan fingerprint density at radius 3 is 2.76 bits per heavy atom. The highest BCUT2D eigenvalue weighted by Gasteiger charge is 2.10. The van der Waals surface area contributed by atoms with E-state index in [1.807, 2.05) is 0 Å². The van der Waals surface area contributed by atoms with Gasteiger partial charge in [0.05, 0.1) is 5.69 Å². The molecule has 0 bridgehead atoms. The minimum atomic E-state index is 0.661. The maximum Gasteiger partial charge on any atom is 0.297 e. The van der Waals surface area contributed by atoms with Gasteiger partial charge in [-0.25, -0.2) is 0 Å². The third-order valence-corrected chi connectivity index (χ3v) is 2.54. The average molecular weight is 239 g/mol. The lowest BCUT2D eigenvalue weighted by Gasteiger charge is -2.16. The van der Waals surface area contributed by atoms with Crippen molar-refractivity contribution in [3.05, 3.63) is 12.0 Å². The molecular weight excluding hydrogens is 214 g/mol. The maximum atomic E-state index is 5.50. The number of nitrogens with zero attached hydrogens (tertiary/aromatic N) is 2. The van der Waals surface area contributed by atoms with E-state index in [-0.39, 0.29) is 0 Å². The van der Waals surface area contributed by atoms with Crippen molar-refractivity contribution in [3.63, 3.8) is 0 Å². The fraction of sp³-hybridized carbons (Fsp3) is 0.769. The fourth-order valence-corrected chi connectivity index (χ4v) is 1.67. The lowest BCUT2D eigenvalue weighted by atomic mass is 10.2. The van der Waals surface area contributed by atoms with E-state index in [4.69, 9.17) is 4.42 Å². The Hall–Kier alpha value is -1.03. The number of oxazole rings is 1. The summed E-state index contributed by atoms with van der Waals surface area (Å²) in [5.74, 6) is 0.661. The highest BCUT2D eigenvalue weighted by atomic mass is 16.4. The first-order chi connectivity index (χ1) is 8.17. The van der Waals surface area contributed by atoms with Crippen molar-refractivity contribution in [3.8, 4) is 0 Å². The van der Waals surface area contributed by atoms with Crippen molar-refractivity contribution in [2.24, 2.45) is 5.92 Å². The highest BCUT2D eigenvalue weighted by molar-refractivity contribution is 5.26. The summed E-state index contributed by atoms with van der Waals surface area (Å²) in [5, 5.41) is 3.36. The summed E-state index contributed by atoms with van der Waals surface area (Å²) in [6.45, 7) is 12.4. The molecule has 0 aliphatic heterocycles. The van der Waals surface area contributed by atoms with Crippen LogP contribution in [0.5, 0.6) is 0 Å². The first-order valence-corrected chi connectivity index (χ1v) is 6.57. The van der Waals surface area contributed by atoms with Gasteiger partial charge in [-0.05, 0) is 25.8 Å². The third kappa shape index (κ3) is 4.77. The highest BCUT2D eigenvalue weighted by Crippen LogP contribution is 2.13. The monoisotopic (exact) mass is 239 g/mol. The Morgan fingerprint density at radius 2 is 2.18 bits per heavy atom. The van der Waals surface area contributed by atoms with Gasteiger partial charge in [0.2, 0.25) is 0 Å². The zero-order valence-electron chi connectivity index (χ0n) is 11.5. The molecule has 4 nitrogen and oxygen atoms in total. The van der Waals surface area contributed by atoms with Crippen LogP contribution in [-0.2, 0) is 6.54 Å². The van der Waals surface area contributed by atoms with Gasteiger partial charge in [-0.2, -0.15) is 4.98 Å². The predicted molar refractivity (Wildman–Crippen MR) is 71.2 cm³/mol. The molecule has 0 aromatic carbocycles. The van der Waals surface area contributed by atoms with Crippen LogP contribution in [-0.4, -0.2) is 24.6 Å². The lowest BCUT2D eigenvalue weighted by molar-refractivity contribution is 0.529. The number of aromatic nitrogens is 1. The summed E-state index contributed by atoms with van der Waals surface area (Å²) in [4.78, 5) is 6.65. The van der Waals surface area contributed by atoms with Crippen molar-refractivity contribution in [1.29, 1.82) is 0 Å². The minimum absolute atomic E-state index is 0.661. The van der Waals surface area contributed by atoms with E-state index in [9.17, 15) is 0 Å². The molecule has 0 fully saturated rings. The van der Waals surface area contributed by atoms with E-state index in [1.54, 1.807) is 6.26 Å². The second kappa shape index (κ2) is 7.33. The zero-order chi connectivity index (χ0) is 12.7. The van der Waals surface area contributed by atoms with E-state index in [0.29, 0.717) is 5.92 Å². The van der Waals surface area contributed by atoms with Gasteiger partial charge in [0.15, 0.2) is 0 Å². The van der Waals surface area contributed by atoms with Crippen LogP contribution in [0.15, 0.2) is 10.7 Å². The van der Waals surface area contributed by atoms with Crippen LogP contribution >= 0.6 is 0 Å². The van der Waals surface area contributed by atoms with Crippen LogP contribution in [0.3, 0.4) is 0 Å². The minimum Gasteiger partial charge on any atom is -0.432 e. The van der Waals surface area contributed by atoms with Crippen molar-refractivity contribution in [2.45, 2.75) is 40.7 Å². The quantitative estimate of drug-likeness (QED) is 0.757. The molecule has 0 atom stereocenters. The van der Waals surface area contributed by atoms with Gasteiger partial charge in [0.25, 0.3) is 6.01 Å². The largest absolute Gasteiger partial charge is 0.432 e. The van der Waals surface area contributed by atoms with Gasteiger partial charge in [0.1, 0.15) is 6.26 Å². The van der Waals surface area contributed by atoms with Crippen LogP contribution in [0, 0.1) is 5.92 Å². The molecule has 17 heavy (non-hydrogen) atoms. The summed E-state index contributed by atoms with van der Waals surface area (Å²) < 4.78 is 5.50. The van der Waals surface area contributed by atoms with E-state index in [2.05, 4.69) is 42.9 Å². The average Bonchev–Trinajstić information content (AvgIpc) is 2.74. The van der Waals surface area contributed by atoms with Gasteiger partial charge < -0.3 is 14.6 Å². The van der Waals surface area contributed by atoms with E-state index >= 15 is 0 Å². The molecule has 0 saturated carbocycles. The topological polar surface area (TPSA) is 41.3 Å². The molecular formula is C13H25N3O. The molecule has 0 unspecified atom stereocenters.